The van der Waals surface area contributed by atoms with Gasteiger partial charge in [0.1, 0.15) is 0 Å². The standard InChI is InChI=1S/C13H26O5Si/c1-12(2)13(14)16-9-5-3-7-15-8-4-6-10-17-18-11-19/h1,3-11H2,2,19H3. The Labute approximate surface area is 118 Å². The van der Waals surface area contributed by atoms with Crippen molar-refractivity contribution in [2.24, 2.45) is 0 Å². The van der Waals surface area contributed by atoms with E-state index in [1.807, 2.05) is 0 Å². The Balaban J connectivity index is 3.07. The number of carbonyl (C=O) groups excluding carboxylic acids is 1. The fourth-order valence-electron chi connectivity index (χ4n) is 1.20. The second-order valence-corrected chi connectivity index (χ2v) is 4.75. The molecule has 0 N–H and O–H groups in total. The van der Waals surface area contributed by atoms with Crippen LogP contribution in [0.4, 0.5) is 0 Å². The average molecular weight is 290 g/mol. The summed E-state index contributed by atoms with van der Waals surface area (Å²) in [4.78, 5) is 20.8. The zero-order chi connectivity index (χ0) is 14.3. The van der Waals surface area contributed by atoms with Crippen molar-refractivity contribution in [1.82, 2.24) is 0 Å². The number of unbranched alkanes of at least 4 members (excludes halogenated alkanes) is 2. The SMILES string of the molecule is C=C(C)C(=O)OCCCCOCCCCOOC[SiH3]. The summed E-state index contributed by atoms with van der Waals surface area (Å²) in [6.07, 6.45) is 4.33. The van der Waals surface area contributed by atoms with E-state index in [1.165, 1.54) is 0 Å². The summed E-state index contributed by atoms with van der Waals surface area (Å²) >= 11 is 0. The Bertz CT molecular complexity index is 245. The topological polar surface area (TPSA) is 54.0 Å². The van der Waals surface area contributed by atoms with Gasteiger partial charge in [0.15, 0.2) is 0 Å². The highest BCUT2D eigenvalue weighted by Crippen LogP contribution is 1.98. The maximum Gasteiger partial charge on any atom is 0.333 e. The molecule has 0 aromatic heterocycles. The van der Waals surface area contributed by atoms with E-state index in [-0.39, 0.29) is 5.97 Å². The third kappa shape index (κ3) is 13.5. The maximum absolute atomic E-state index is 11.1. The molecule has 112 valence electrons. The van der Waals surface area contributed by atoms with Crippen molar-refractivity contribution < 1.29 is 24.0 Å². The monoisotopic (exact) mass is 290 g/mol. The van der Waals surface area contributed by atoms with Gasteiger partial charge in [0, 0.05) is 29.0 Å². The molecule has 6 heteroatoms. The minimum absolute atomic E-state index is 0.321. The Hall–Kier alpha value is -0.693. The Morgan fingerprint density at radius 1 is 1.00 bits per heavy atom. The van der Waals surface area contributed by atoms with Gasteiger partial charge in [0.25, 0.3) is 0 Å². The molecule has 0 rings (SSSR count). The molecule has 0 bridgehead atoms. The van der Waals surface area contributed by atoms with Gasteiger partial charge in [-0.05, 0) is 32.6 Å². The lowest BCUT2D eigenvalue weighted by Gasteiger charge is -2.06. The molecule has 0 atom stereocenters. The van der Waals surface area contributed by atoms with Gasteiger partial charge in [-0.3, -0.25) is 0 Å². The van der Waals surface area contributed by atoms with E-state index in [9.17, 15) is 4.79 Å². The van der Waals surface area contributed by atoms with Crippen LogP contribution < -0.4 is 0 Å². The predicted molar refractivity (Wildman–Crippen MR) is 76.9 cm³/mol. The van der Waals surface area contributed by atoms with E-state index in [1.54, 1.807) is 6.92 Å². The Morgan fingerprint density at radius 2 is 1.58 bits per heavy atom. The molecule has 0 aromatic rings. The molecule has 0 saturated carbocycles. The second kappa shape index (κ2) is 13.7. The van der Waals surface area contributed by atoms with Crippen molar-refractivity contribution in [3.05, 3.63) is 12.2 Å². The van der Waals surface area contributed by atoms with Gasteiger partial charge in [-0.1, -0.05) is 6.58 Å². The number of rotatable bonds is 13. The van der Waals surface area contributed by atoms with E-state index in [0.29, 0.717) is 31.6 Å². The number of ether oxygens (including phenoxy) is 2. The molecule has 0 amide bonds. The zero-order valence-corrected chi connectivity index (χ0v) is 14.1. The zero-order valence-electron chi connectivity index (χ0n) is 12.1. The van der Waals surface area contributed by atoms with E-state index in [0.717, 1.165) is 42.5 Å². The van der Waals surface area contributed by atoms with Crippen molar-refractivity contribution in [3.63, 3.8) is 0 Å². The lowest BCUT2D eigenvalue weighted by Crippen LogP contribution is -2.07. The van der Waals surface area contributed by atoms with E-state index < -0.39 is 0 Å². The summed E-state index contributed by atoms with van der Waals surface area (Å²) in [5.41, 5.74) is 0.438. The predicted octanol–water partition coefficient (Wildman–Crippen LogP) is 0.954. The van der Waals surface area contributed by atoms with Crippen molar-refractivity contribution in [2.45, 2.75) is 32.6 Å². The van der Waals surface area contributed by atoms with Crippen LogP contribution in [0, 0.1) is 0 Å². The summed E-state index contributed by atoms with van der Waals surface area (Å²) in [6.45, 7) is 7.64. The van der Waals surface area contributed by atoms with Crippen LogP contribution >= 0.6 is 0 Å². The van der Waals surface area contributed by atoms with Crippen molar-refractivity contribution in [3.8, 4) is 0 Å². The average Bonchev–Trinajstić information content (AvgIpc) is 2.39. The largest absolute Gasteiger partial charge is 0.462 e. The highest BCUT2D eigenvalue weighted by molar-refractivity contribution is 6.08. The first-order valence-corrected chi connectivity index (χ1v) is 8.24. The van der Waals surface area contributed by atoms with E-state index in [4.69, 9.17) is 19.2 Å². The summed E-state index contributed by atoms with van der Waals surface area (Å²) in [7, 11) is 0.999. The highest BCUT2D eigenvalue weighted by atomic mass is 28.1. The van der Waals surface area contributed by atoms with Gasteiger partial charge in [0.05, 0.1) is 19.4 Å². The number of hydrogen-bond donors (Lipinski definition) is 0. The molecule has 0 spiro atoms. The molecule has 0 aliphatic rings. The van der Waals surface area contributed by atoms with Gasteiger partial charge in [0.2, 0.25) is 0 Å². The molecular formula is C13H26O5Si. The van der Waals surface area contributed by atoms with Crippen LogP contribution in [0.25, 0.3) is 0 Å². The molecule has 19 heavy (non-hydrogen) atoms. The van der Waals surface area contributed by atoms with Gasteiger partial charge in [-0.2, -0.15) is 0 Å². The molecule has 0 aliphatic carbocycles. The maximum atomic E-state index is 11.1. The van der Waals surface area contributed by atoms with Crippen molar-refractivity contribution in [2.75, 3.05) is 32.7 Å². The third-order valence-corrected chi connectivity index (χ3v) is 2.47. The first-order valence-electron chi connectivity index (χ1n) is 6.83. The number of hydrogen-bond acceptors (Lipinski definition) is 5. The minimum Gasteiger partial charge on any atom is -0.462 e. The first-order chi connectivity index (χ1) is 9.18. The van der Waals surface area contributed by atoms with Crippen LogP contribution in [0.2, 0.25) is 0 Å². The summed E-state index contributed by atoms with van der Waals surface area (Å²) in [5, 5.41) is 0. The molecule has 5 nitrogen and oxygen atoms in total. The van der Waals surface area contributed by atoms with Crippen LogP contribution in [0.3, 0.4) is 0 Å². The lowest BCUT2D eigenvalue weighted by atomic mass is 10.3. The molecule has 0 fully saturated rings. The van der Waals surface area contributed by atoms with Crippen molar-refractivity contribution >= 4 is 16.2 Å². The lowest BCUT2D eigenvalue weighted by molar-refractivity contribution is -0.281. The number of esters is 1. The summed E-state index contributed by atoms with van der Waals surface area (Å²) in [6, 6.07) is 0. The normalized spacial score (nSPS) is 10.6. The molecular weight excluding hydrogens is 264 g/mol. The molecule has 0 radical (unpaired) electrons. The van der Waals surface area contributed by atoms with Crippen LogP contribution in [0.15, 0.2) is 12.2 Å². The quantitative estimate of drug-likeness (QED) is 0.126. The van der Waals surface area contributed by atoms with Crippen LogP contribution in [-0.4, -0.2) is 48.9 Å². The molecule has 0 unspecified atom stereocenters. The molecule has 0 saturated heterocycles. The van der Waals surface area contributed by atoms with E-state index in [2.05, 4.69) is 6.58 Å². The highest BCUT2D eigenvalue weighted by Gasteiger charge is 2.01. The van der Waals surface area contributed by atoms with Gasteiger partial charge < -0.3 is 9.47 Å². The van der Waals surface area contributed by atoms with Crippen LogP contribution in [-0.2, 0) is 24.0 Å². The van der Waals surface area contributed by atoms with Crippen molar-refractivity contribution in [1.29, 1.82) is 0 Å². The Kier molecular flexibility index (Phi) is 13.2. The van der Waals surface area contributed by atoms with Gasteiger partial charge in [-0.15, -0.1) is 0 Å². The number of carbonyl (C=O) groups is 1. The minimum atomic E-state index is -0.321. The fraction of sp³-hybridized carbons (Fsp3) is 0.769. The van der Waals surface area contributed by atoms with Crippen LogP contribution in [0.1, 0.15) is 32.6 Å². The molecule has 0 aromatic carbocycles. The third-order valence-electron chi connectivity index (χ3n) is 2.23. The summed E-state index contributed by atoms with van der Waals surface area (Å²) in [5.74, 6) is -0.321. The molecule has 0 aliphatic heterocycles. The van der Waals surface area contributed by atoms with Crippen LogP contribution in [0.5, 0.6) is 0 Å². The van der Waals surface area contributed by atoms with E-state index >= 15 is 0 Å². The second-order valence-electron chi connectivity index (χ2n) is 4.17. The Morgan fingerprint density at radius 3 is 2.16 bits per heavy atom. The van der Waals surface area contributed by atoms with Gasteiger partial charge in [-0.25, -0.2) is 14.6 Å². The smallest absolute Gasteiger partial charge is 0.333 e. The van der Waals surface area contributed by atoms with Gasteiger partial charge >= 0.3 is 5.97 Å². The summed E-state index contributed by atoms with van der Waals surface area (Å²) < 4.78 is 10.4. The first kappa shape index (κ1) is 18.3. The molecule has 0 heterocycles. The fourth-order valence-corrected chi connectivity index (χ4v) is 1.37.